The van der Waals surface area contributed by atoms with Crippen molar-refractivity contribution in [2.75, 3.05) is 0 Å². The zero-order valence-corrected chi connectivity index (χ0v) is 19.8. The number of aromatic nitrogens is 6. The smallest absolute Gasteiger partial charge is 0.256 e. The molecular formula is C26H29FN6O. The maximum atomic E-state index is 13.4. The minimum atomic E-state index is -0.412. The van der Waals surface area contributed by atoms with Gasteiger partial charge in [0.1, 0.15) is 5.52 Å². The molecule has 4 heterocycles. The van der Waals surface area contributed by atoms with Crippen molar-refractivity contribution in [3.8, 4) is 0 Å². The highest BCUT2D eigenvalue weighted by Crippen LogP contribution is 2.31. The van der Waals surface area contributed by atoms with E-state index in [1.165, 1.54) is 31.5 Å². The van der Waals surface area contributed by atoms with Crippen LogP contribution in [0.4, 0.5) is 4.39 Å². The highest BCUT2D eigenvalue weighted by Gasteiger charge is 2.22. The third-order valence-electron chi connectivity index (χ3n) is 6.16. The van der Waals surface area contributed by atoms with Crippen LogP contribution in [0.3, 0.4) is 0 Å². The summed E-state index contributed by atoms with van der Waals surface area (Å²) >= 11 is 0. The summed E-state index contributed by atoms with van der Waals surface area (Å²) in [6.07, 6.45) is 12.3. The molecular weight excluding hydrogens is 431 g/mol. The first-order chi connectivity index (χ1) is 16.4. The third-order valence-corrected chi connectivity index (χ3v) is 6.16. The Morgan fingerprint density at radius 1 is 0.971 bits per heavy atom. The highest BCUT2D eigenvalue weighted by atomic mass is 19.1. The molecule has 0 N–H and O–H groups in total. The van der Waals surface area contributed by atoms with Crippen LogP contribution in [0.5, 0.6) is 0 Å². The van der Waals surface area contributed by atoms with Gasteiger partial charge in [-0.05, 0) is 63.3 Å². The summed E-state index contributed by atoms with van der Waals surface area (Å²) in [7, 11) is 0. The lowest BCUT2D eigenvalue weighted by Gasteiger charge is -2.22. The third kappa shape index (κ3) is 5.50. The first-order valence-electron chi connectivity index (χ1n) is 11.6. The largest absolute Gasteiger partial charge is 0.285 e. The van der Waals surface area contributed by atoms with Gasteiger partial charge in [-0.2, -0.15) is 4.39 Å². The molecule has 0 atom stereocenters. The number of rotatable bonds is 3. The van der Waals surface area contributed by atoms with Gasteiger partial charge in [0.05, 0.1) is 23.6 Å². The Balaban J connectivity index is 0.000000291. The fourth-order valence-electron chi connectivity index (χ4n) is 4.33. The molecule has 176 valence electrons. The van der Waals surface area contributed by atoms with Gasteiger partial charge in [0.15, 0.2) is 5.65 Å². The predicted octanol–water partition coefficient (Wildman–Crippen LogP) is 4.82. The molecule has 0 spiro atoms. The number of halogens is 1. The maximum absolute atomic E-state index is 13.4. The van der Waals surface area contributed by atoms with Gasteiger partial charge in [0.2, 0.25) is 5.95 Å². The van der Waals surface area contributed by atoms with Gasteiger partial charge in [-0.25, -0.2) is 9.97 Å². The molecule has 5 rings (SSSR count). The standard InChI is InChI=1S/C20H23N5O.C6H6FN/c1-13-11-23-17-10-16(15-6-4-3-5-7-15)20(26)25(19(17)24-13)12-18-14(2)21-8-9-22-18;1-5-2-3-8-6(7)4-5/h8-11,15H,3-7,12H2,1-2H3;2-4H,1H3. The van der Waals surface area contributed by atoms with E-state index in [0.717, 1.165) is 46.6 Å². The van der Waals surface area contributed by atoms with Crippen molar-refractivity contribution in [1.29, 1.82) is 0 Å². The molecule has 34 heavy (non-hydrogen) atoms. The molecule has 0 aliphatic heterocycles. The SMILES string of the molecule is Cc1ccnc(F)c1.Cc1cnc2cc(C3CCCCC3)c(=O)n(Cc3nccnc3C)c2n1. The summed E-state index contributed by atoms with van der Waals surface area (Å²) in [5.41, 5.74) is 5.63. The van der Waals surface area contributed by atoms with Crippen LogP contribution in [-0.2, 0) is 6.54 Å². The van der Waals surface area contributed by atoms with Gasteiger partial charge in [0, 0.05) is 30.4 Å². The molecule has 8 heteroatoms. The molecule has 0 unspecified atom stereocenters. The number of hydrogen-bond acceptors (Lipinski definition) is 6. The molecule has 4 aromatic rings. The van der Waals surface area contributed by atoms with Gasteiger partial charge in [-0.1, -0.05) is 19.3 Å². The second-order valence-corrected chi connectivity index (χ2v) is 8.79. The average molecular weight is 461 g/mol. The van der Waals surface area contributed by atoms with E-state index in [1.807, 2.05) is 26.8 Å². The number of nitrogens with zero attached hydrogens (tertiary/aromatic N) is 6. The van der Waals surface area contributed by atoms with Crippen molar-refractivity contribution in [3.63, 3.8) is 0 Å². The van der Waals surface area contributed by atoms with Gasteiger partial charge >= 0.3 is 0 Å². The molecule has 4 aromatic heterocycles. The molecule has 0 aromatic carbocycles. The molecule has 1 fully saturated rings. The lowest BCUT2D eigenvalue weighted by atomic mass is 9.84. The monoisotopic (exact) mass is 460 g/mol. The van der Waals surface area contributed by atoms with Gasteiger partial charge in [-0.3, -0.25) is 24.3 Å². The summed E-state index contributed by atoms with van der Waals surface area (Å²) in [5.74, 6) is -0.0945. The summed E-state index contributed by atoms with van der Waals surface area (Å²) in [4.78, 5) is 34.6. The van der Waals surface area contributed by atoms with Crippen LogP contribution in [-0.4, -0.2) is 29.5 Å². The van der Waals surface area contributed by atoms with Gasteiger partial charge in [0.25, 0.3) is 5.56 Å². The van der Waals surface area contributed by atoms with Crippen molar-refractivity contribution in [2.24, 2.45) is 0 Å². The Hall–Kier alpha value is -3.55. The van der Waals surface area contributed by atoms with E-state index in [4.69, 9.17) is 0 Å². The van der Waals surface area contributed by atoms with Crippen LogP contribution in [0.25, 0.3) is 11.2 Å². The van der Waals surface area contributed by atoms with Gasteiger partial charge < -0.3 is 0 Å². The van der Waals surface area contributed by atoms with E-state index >= 15 is 0 Å². The Bertz CT molecular complexity index is 1330. The summed E-state index contributed by atoms with van der Waals surface area (Å²) in [6, 6.07) is 5.10. The van der Waals surface area contributed by atoms with Crippen molar-refractivity contribution < 1.29 is 4.39 Å². The second kappa shape index (κ2) is 10.6. The Labute approximate surface area is 198 Å². The van der Waals surface area contributed by atoms with E-state index in [2.05, 4.69) is 24.9 Å². The van der Waals surface area contributed by atoms with Crippen LogP contribution >= 0.6 is 0 Å². The number of hydrogen-bond donors (Lipinski definition) is 0. The van der Waals surface area contributed by atoms with Crippen LogP contribution in [0.1, 0.15) is 66.2 Å². The predicted molar refractivity (Wildman–Crippen MR) is 129 cm³/mol. The average Bonchev–Trinajstić information content (AvgIpc) is 2.83. The topological polar surface area (TPSA) is 86.5 Å². The second-order valence-electron chi connectivity index (χ2n) is 8.79. The first-order valence-corrected chi connectivity index (χ1v) is 11.6. The Morgan fingerprint density at radius 2 is 1.74 bits per heavy atom. The summed E-state index contributed by atoms with van der Waals surface area (Å²) in [5, 5.41) is 0. The fourth-order valence-corrected chi connectivity index (χ4v) is 4.33. The zero-order valence-electron chi connectivity index (χ0n) is 19.8. The fraction of sp³-hybridized carbons (Fsp3) is 0.385. The molecule has 0 radical (unpaired) electrons. The minimum Gasteiger partial charge on any atom is -0.285 e. The number of aryl methyl sites for hydroxylation is 3. The lowest BCUT2D eigenvalue weighted by Crippen LogP contribution is -2.28. The Kier molecular flexibility index (Phi) is 7.35. The molecule has 1 saturated carbocycles. The van der Waals surface area contributed by atoms with Gasteiger partial charge in [-0.15, -0.1) is 0 Å². The molecule has 0 saturated heterocycles. The van der Waals surface area contributed by atoms with Crippen molar-refractivity contribution in [1.82, 2.24) is 29.5 Å². The van der Waals surface area contributed by atoms with Crippen molar-refractivity contribution >= 4 is 11.2 Å². The van der Waals surface area contributed by atoms with E-state index in [-0.39, 0.29) is 5.56 Å². The number of pyridine rings is 2. The zero-order chi connectivity index (χ0) is 24.1. The quantitative estimate of drug-likeness (QED) is 0.407. The van der Waals surface area contributed by atoms with E-state index in [0.29, 0.717) is 18.1 Å². The molecule has 1 aliphatic carbocycles. The van der Waals surface area contributed by atoms with E-state index in [9.17, 15) is 9.18 Å². The van der Waals surface area contributed by atoms with Crippen molar-refractivity contribution in [2.45, 2.75) is 65.3 Å². The minimum absolute atomic E-state index is 0.0364. The lowest BCUT2D eigenvalue weighted by molar-refractivity contribution is 0.439. The first kappa shape index (κ1) is 23.6. The van der Waals surface area contributed by atoms with Crippen LogP contribution in [0, 0.1) is 26.7 Å². The molecule has 1 aliphatic rings. The van der Waals surface area contributed by atoms with Crippen LogP contribution in [0.2, 0.25) is 0 Å². The molecule has 0 bridgehead atoms. The maximum Gasteiger partial charge on any atom is 0.256 e. The normalized spacial score (nSPS) is 14.0. The molecule has 0 amide bonds. The summed E-state index contributed by atoms with van der Waals surface area (Å²) < 4.78 is 13.8. The molecule has 7 nitrogen and oxygen atoms in total. The van der Waals surface area contributed by atoms with Crippen molar-refractivity contribution in [3.05, 3.63) is 87.5 Å². The van der Waals surface area contributed by atoms with Crippen LogP contribution < -0.4 is 5.56 Å². The highest BCUT2D eigenvalue weighted by molar-refractivity contribution is 5.71. The summed E-state index contributed by atoms with van der Waals surface area (Å²) in [6.45, 7) is 6.00. The Morgan fingerprint density at radius 3 is 2.41 bits per heavy atom. The van der Waals surface area contributed by atoms with Crippen LogP contribution in [0.15, 0.2) is 47.8 Å². The van der Waals surface area contributed by atoms with E-state index < -0.39 is 5.95 Å². The number of fused-ring (bicyclic) bond motifs is 1. The van der Waals surface area contributed by atoms with E-state index in [1.54, 1.807) is 29.2 Å².